The zero-order valence-corrected chi connectivity index (χ0v) is 17.7. The largest absolute Gasteiger partial charge is 0.484 e. The molecule has 2 aromatic carbocycles. The molecule has 0 radical (unpaired) electrons. The Hall–Kier alpha value is -2.77. The Labute approximate surface area is 178 Å². The highest BCUT2D eigenvalue weighted by Gasteiger charge is 2.28. The molecule has 0 unspecified atom stereocenters. The molecule has 0 aliphatic carbocycles. The Balaban J connectivity index is 1.82. The van der Waals surface area contributed by atoms with Gasteiger partial charge in [-0.25, -0.2) is 22.1 Å². The Morgan fingerprint density at radius 2 is 1.90 bits per heavy atom. The van der Waals surface area contributed by atoms with Crippen LogP contribution in [0.1, 0.15) is 10.4 Å². The quantitative estimate of drug-likeness (QED) is 0.545. The van der Waals surface area contributed by atoms with Crippen molar-refractivity contribution in [1.82, 2.24) is 9.29 Å². The molecule has 3 aromatic rings. The number of sulfonamides is 1. The first-order valence-electron chi connectivity index (χ1n) is 8.50. The van der Waals surface area contributed by atoms with Crippen molar-refractivity contribution < 1.29 is 35.5 Å². The van der Waals surface area contributed by atoms with Gasteiger partial charge in [0, 0.05) is 19.7 Å². The van der Waals surface area contributed by atoms with Gasteiger partial charge >= 0.3 is 6.18 Å². The lowest BCUT2D eigenvalue weighted by atomic mass is 10.2. The second-order valence-corrected chi connectivity index (χ2v) is 9.59. The number of ether oxygens (including phenoxy) is 1. The number of aromatic nitrogens is 1. The van der Waals surface area contributed by atoms with Gasteiger partial charge in [-0.3, -0.25) is 10.1 Å². The van der Waals surface area contributed by atoms with Crippen LogP contribution in [0.15, 0.2) is 41.3 Å². The van der Waals surface area contributed by atoms with Crippen molar-refractivity contribution in [3.05, 3.63) is 47.8 Å². The highest BCUT2D eigenvalue weighted by atomic mass is 32.2. The predicted molar refractivity (Wildman–Crippen MR) is 106 cm³/mol. The van der Waals surface area contributed by atoms with E-state index in [1.54, 1.807) is 0 Å². The lowest BCUT2D eigenvalue weighted by Gasteiger charge is -2.13. The van der Waals surface area contributed by atoms with Gasteiger partial charge in [-0.2, -0.15) is 13.2 Å². The van der Waals surface area contributed by atoms with E-state index in [0.29, 0.717) is 10.2 Å². The Morgan fingerprint density at radius 3 is 2.55 bits per heavy atom. The van der Waals surface area contributed by atoms with E-state index in [0.717, 1.165) is 33.8 Å². The number of carbonyl (C=O) groups is 1. The van der Waals surface area contributed by atoms with Gasteiger partial charge in [0.05, 0.1) is 10.2 Å². The van der Waals surface area contributed by atoms with Crippen LogP contribution in [0.4, 0.5) is 22.7 Å². The van der Waals surface area contributed by atoms with Crippen molar-refractivity contribution in [2.24, 2.45) is 0 Å². The first-order chi connectivity index (χ1) is 14.4. The van der Waals surface area contributed by atoms with E-state index >= 15 is 0 Å². The molecule has 0 aliphatic rings. The van der Waals surface area contributed by atoms with E-state index in [1.165, 1.54) is 32.3 Å². The van der Waals surface area contributed by atoms with Crippen LogP contribution in [0.3, 0.4) is 0 Å². The molecular weight excluding hydrogens is 462 g/mol. The van der Waals surface area contributed by atoms with Crippen molar-refractivity contribution in [3.63, 3.8) is 0 Å². The molecular formula is C18H15F4N3O4S2. The second-order valence-electron chi connectivity index (χ2n) is 6.44. The third kappa shape index (κ3) is 5.29. The summed E-state index contributed by atoms with van der Waals surface area (Å²) >= 11 is 0.981. The molecule has 0 fully saturated rings. The Morgan fingerprint density at radius 1 is 1.19 bits per heavy atom. The Bertz CT molecular complexity index is 1240. The minimum Gasteiger partial charge on any atom is -0.484 e. The number of alkyl halides is 3. The molecule has 0 saturated heterocycles. The number of carbonyl (C=O) groups excluding carboxylic acids is 1. The van der Waals surface area contributed by atoms with Gasteiger partial charge in [0.2, 0.25) is 10.0 Å². The zero-order valence-electron chi connectivity index (χ0n) is 16.0. The number of amides is 1. The molecule has 0 spiro atoms. The predicted octanol–water partition coefficient (Wildman–Crippen LogP) is 3.88. The summed E-state index contributed by atoms with van der Waals surface area (Å²) in [7, 11) is -1.64. The number of hydrogen-bond donors (Lipinski definition) is 1. The average Bonchev–Trinajstić information content (AvgIpc) is 3.07. The fraction of sp³-hybridized carbons (Fsp3) is 0.222. The van der Waals surface area contributed by atoms with Crippen LogP contribution in [0.5, 0.6) is 5.75 Å². The maximum Gasteiger partial charge on any atom is 0.422 e. The molecule has 166 valence electrons. The molecule has 31 heavy (non-hydrogen) atoms. The molecule has 0 atom stereocenters. The van der Waals surface area contributed by atoms with Crippen LogP contribution in [-0.2, 0) is 10.0 Å². The summed E-state index contributed by atoms with van der Waals surface area (Å²) in [6, 6.07) is 7.01. The monoisotopic (exact) mass is 477 g/mol. The molecule has 1 N–H and O–H groups in total. The molecule has 0 saturated carbocycles. The minimum absolute atomic E-state index is 0.0107. The summed E-state index contributed by atoms with van der Waals surface area (Å²) in [6.45, 7) is -1.44. The fourth-order valence-electron chi connectivity index (χ4n) is 2.42. The van der Waals surface area contributed by atoms with Crippen LogP contribution in [0, 0.1) is 5.82 Å². The van der Waals surface area contributed by atoms with Gasteiger partial charge in [-0.05, 0) is 36.4 Å². The first-order valence-corrected chi connectivity index (χ1v) is 10.8. The van der Waals surface area contributed by atoms with Crippen LogP contribution in [0.2, 0.25) is 0 Å². The van der Waals surface area contributed by atoms with Crippen molar-refractivity contribution >= 4 is 42.6 Å². The van der Waals surface area contributed by atoms with Crippen molar-refractivity contribution in [1.29, 1.82) is 0 Å². The first kappa shape index (κ1) is 22.9. The molecule has 1 heterocycles. The molecule has 1 aromatic heterocycles. The van der Waals surface area contributed by atoms with E-state index < -0.39 is 39.4 Å². The van der Waals surface area contributed by atoms with Crippen molar-refractivity contribution in [2.45, 2.75) is 11.1 Å². The maximum atomic E-state index is 14.0. The number of hydrogen-bond acceptors (Lipinski definition) is 6. The summed E-state index contributed by atoms with van der Waals surface area (Å²) < 4.78 is 81.3. The summed E-state index contributed by atoms with van der Waals surface area (Å²) in [6.07, 6.45) is -4.48. The highest BCUT2D eigenvalue weighted by Crippen LogP contribution is 2.30. The molecule has 13 heteroatoms. The maximum absolute atomic E-state index is 14.0. The van der Waals surface area contributed by atoms with Crippen molar-refractivity contribution in [3.8, 4) is 5.75 Å². The van der Waals surface area contributed by atoms with Gasteiger partial charge in [-0.15, -0.1) is 0 Å². The summed E-state index contributed by atoms with van der Waals surface area (Å²) in [4.78, 5) is 16.0. The van der Waals surface area contributed by atoms with E-state index in [4.69, 9.17) is 0 Å². The van der Waals surface area contributed by atoms with Crippen LogP contribution < -0.4 is 10.1 Å². The molecule has 3 rings (SSSR count). The number of rotatable bonds is 6. The van der Waals surface area contributed by atoms with E-state index in [9.17, 15) is 30.8 Å². The number of anilines is 1. The normalized spacial score (nSPS) is 12.4. The van der Waals surface area contributed by atoms with Gasteiger partial charge < -0.3 is 4.74 Å². The summed E-state index contributed by atoms with van der Waals surface area (Å²) in [5.74, 6) is -1.75. The van der Waals surface area contributed by atoms with Crippen molar-refractivity contribution in [2.75, 3.05) is 26.0 Å². The number of nitrogens with zero attached hydrogens (tertiary/aromatic N) is 2. The van der Waals surface area contributed by atoms with Gasteiger partial charge in [0.25, 0.3) is 5.91 Å². The highest BCUT2D eigenvalue weighted by molar-refractivity contribution is 7.89. The second kappa shape index (κ2) is 8.40. The van der Waals surface area contributed by atoms with Gasteiger partial charge in [-0.1, -0.05) is 11.3 Å². The molecule has 1 amide bonds. The van der Waals surface area contributed by atoms with Crippen LogP contribution in [0.25, 0.3) is 10.2 Å². The lowest BCUT2D eigenvalue weighted by molar-refractivity contribution is -0.153. The van der Waals surface area contributed by atoms with Gasteiger partial charge in [0.1, 0.15) is 16.5 Å². The zero-order chi connectivity index (χ0) is 23.0. The molecule has 0 bridgehead atoms. The SMILES string of the molecule is CN(C)S(=O)(=O)c1cc(C(=O)Nc2nc3ccc(OCC(F)(F)F)cc3s2)ccc1F. The van der Waals surface area contributed by atoms with Crippen LogP contribution in [-0.4, -0.2) is 50.5 Å². The molecule has 0 aliphatic heterocycles. The fourth-order valence-corrected chi connectivity index (χ4v) is 4.29. The topological polar surface area (TPSA) is 88.6 Å². The average molecular weight is 477 g/mol. The van der Waals surface area contributed by atoms with Crippen LogP contribution >= 0.6 is 11.3 Å². The summed E-state index contributed by atoms with van der Waals surface area (Å²) in [5, 5.41) is 2.59. The van der Waals surface area contributed by atoms with E-state index in [1.807, 2.05) is 0 Å². The minimum atomic E-state index is -4.48. The van der Waals surface area contributed by atoms with E-state index in [-0.39, 0.29) is 16.4 Å². The number of fused-ring (bicyclic) bond motifs is 1. The van der Waals surface area contributed by atoms with E-state index in [2.05, 4.69) is 15.0 Å². The standard InChI is InChI=1S/C18H15F4N3O4S2/c1-25(2)31(27,28)15-7-10(3-5-12(15)19)16(26)24-17-23-13-6-4-11(8-14(13)30-17)29-9-18(20,21)22/h3-8H,9H2,1-2H3,(H,23,24,26). The third-order valence-corrected chi connectivity index (χ3v) is 6.70. The lowest BCUT2D eigenvalue weighted by Crippen LogP contribution is -2.24. The third-order valence-electron chi connectivity index (χ3n) is 3.93. The smallest absolute Gasteiger partial charge is 0.422 e. The van der Waals surface area contributed by atoms with Gasteiger partial charge in [0.15, 0.2) is 11.7 Å². The number of halogens is 4. The number of nitrogens with one attached hydrogen (secondary N) is 1. The molecule has 7 nitrogen and oxygen atoms in total. The Kier molecular flexibility index (Phi) is 6.21. The summed E-state index contributed by atoms with van der Waals surface area (Å²) in [5.41, 5.74) is 0.296. The number of benzene rings is 2. The number of thiazole rings is 1.